The van der Waals surface area contributed by atoms with Crippen LogP contribution < -0.4 is 5.32 Å². The summed E-state index contributed by atoms with van der Waals surface area (Å²) in [5.41, 5.74) is 1.16. The fourth-order valence-electron chi connectivity index (χ4n) is 1.89. The molecule has 1 N–H and O–H groups in total. The van der Waals surface area contributed by atoms with Gasteiger partial charge in [0.25, 0.3) is 0 Å². The summed E-state index contributed by atoms with van der Waals surface area (Å²) in [6.45, 7) is 4.19. The molecule has 1 aromatic carbocycles. The van der Waals surface area contributed by atoms with E-state index in [1.165, 1.54) is 7.11 Å². The lowest BCUT2D eigenvalue weighted by molar-refractivity contribution is -0.148. The predicted molar refractivity (Wildman–Crippen MR) is 71.7 cm³/mol. The number of carbonyl (C=O) groups is 1. The van der Waals surface area contributed by atoms with E-state index in [-0.39, 0.29) is 12.6 Å². The molecule has 0 aliphatic rings. The van der Waals surface area contributed by atoms with Gasteiger partial charge in [0.05, 0.1) is 13.7 Å². The molecule has 4 heteroatoms. The van der Waals surface area contributed by atoms with Crippen LogP contribution >= 0.6 is 0 Å². The van der Waals surface area contributed by atoms with Crippen molar-refractivity contribution in [1.82, 2.24) is 0 Å². The van der Waals surface area contributed by atoms with E-state index in [0.29, 0.717) is 6.42 Å². The van der Waals surface area contributed by atoms with Crippen molar-refractivity contribution in [2.45, 2.75) is 25.8 Å². The van der Waals surface area contributed by atoms with Gasteiger partial charge in [-0.05, 0) is 25.0 Å². The Balaban J connectivity index is 3.04. The van der Waals surface area contributed by atoms with Crippen molar-refractivity contribution in [3.63, 3.8) is 0 Å². The molecular weight excluding hydrogens is 230 g/mol. The molecule has 0 fully saturated rings. The first-order valence-corrected chi connectivity index (χ1v) is 6.00. The number of methoxy groups -OCH3 is 2. The van der Waals surface area contributed by atoms with Gasteiger partial charge in [-0.3, -0.25) is 0 Å². The van der Waals surface area contributed by atoms with Gasteiger partial charge in [0.1, 0.15) is 0 Å². The standard InChI is InChI=1S/C14H21NO3/c1-5-14(10-17-3,13(16)18-4)15-12-9-7-6-8-11(12)2/h6-9,15H,5,10H2,1-4H3. The lowest BCUT2D eigenvalue weighted by Gasteiger charge is -2.31. The van der Waals surface area contributed by atoms with Crippen molar-refractivity contribution >= 4 is 11.7 Å². The second-order valence-corrected chi connectivity index (χ2v) is 4.30. The first-order valence-electron chi connectivity index (χ1n) is 6.00. The average Bonchev–Trinajstić information content (AvgIpc) is 2.39. The number of aryl methyl sites for hydroxylation is 1. The van der Waals surface area contributed by atoms with E-state index in [1.54, 1.807) is 7.11 Å². The molecule has 0 saturated heterocycles. The normalized spacial score (nSPS) is 13.8. The molecule has 1 unspecified atom stereocenters. The molecule has 100 valence electrons. The molecule has 0 spiro atoms. The van der Waals surface area contributed by atoms with Crippen LogP contribution in [0.4, 0.5) is 5.69 Å². The number of para-hydroxylation sites is 1. The molecular formula is C14H21NO3. The van der Waals surface area contributed by atoms with E-state index in [9.17, 15) is 4.79 Å². The van der Waals surface area contributed by atoms with E-state index in [0.717, 1.165) is 11.3 Å². The Bertz CT molecular complexity index is 406. The van der Waals surface area contributed by atoms with Crippen LogP contribution in [-0.2, 0) is 14.3 Å². The topological polar surface area (TPSA) is 47.6 Å². The van der Waals surface area contributed by atoms with E-state index >= 15 is 0 Å². The Hall–Kier alpha value is -1.55. The van der Waals surface area contributed by atoms with Gasteiger partial charge in [-0.15, -0.1) is 0 Å². The van der Waals surface area contributed by atoms with Crippen molar-refractivity contribution in [2.75, 3.05) is 26.1 Å². The molecule has 4 nitrogen and oxygen atoms in total. The molecule has 0 amide bonds. The van der Waals surface area contributed by atoms with Gasteiger partial charge < -0.3 is 14.8 Å². The minimum Gasteiger partial charge on any atom is -0.467 e. The lowest BCUT2D eigenvalue weighted by Crippen LogP contribution is -2.50. The molecule has 0 radical (unpaired) electrons. The van der Waals surface area contributed by atoms with Gasteiger partial charge in [0.15, 0.2) is 5.54 Å². The summed E-state index contributed by atoms with van der Waals surface area (Å²) >= 11 is 0. The molecule has 0 bridgehead atoms. The van der Waals surface area contributed by atoms with Crippen LogP contribution in [-0.4, -0.2) is 32.3 Å². The van der Waals surface area contributed by atoms with Crippen LogP contribution in [0.3, 0.4) is 0 Å². The minimum atomic E-state index is -0.838. The Kier molecular flexibility index (Phi) is 5.16. The summed E-state index contributed by atoms with van der Waals surface area (Å²) in [6, 6.07) is 7.83. The quantitative estimate of drug-likeness (QED) is 0.789. The van der Waals surface area contributed by atoms with Crippen LogP contribution in [0.25, 0.3) is 0 Å². The maximum absolute atomic E-state index is 12.0. The van der Waals surface area contributed by atoms with E-state index in [2.05, 4.69) is 5.32 Å². The number of carbonyl (C=O) groups excluding carboxylic acids is 1. The number of anilines is 1. The first kappa shape index (κ1) is 14.5. The second-order valence-electron chi connectivity index (χ2n) is 4.30. The van der Waals surface area contributed by atoms with Gasteiger partial charge in [-0.25, -0.2) is 4.79 Å². The van der Waals surface area contributed by atoms with Gasteiger partial charge in [0, 0.05) is 12.8 Å². The zero-order valence-corrected chi connectivity index (χ0v) is 11.4. The van der Waals surface area contributed by atoms with Gasteiger partial charge in [-0.1, -0.05) is 25.1 Å². The number of hydrogen-bond acceptors (Lipinski definition) is 4. The molecule has 0 aliphatic heterocycles. The monoisotopic (exact) mass is 251 g/mol. The molecule has 1 atom stereocenters. The highest BCUT2D eigenvalue weighted by atomic mass is 16.5. The van der Waals surface area contributed by atoms with Crippen molar-refractivity contribution in [3.05, 3.63) is 29.8 Å². The van der Waals surface area contributed by atoms with Crippen LogP contribution in [0.5, 0.6) is 0 Å². The highest BCUT2D eigenvalue weighted by molar-refractivity contribution is 5.85. The Labute approximate surface area is 108 Å². The summed E-state index contributed by atoms with van der Waals surface area (Å²) in [6.07, 6.45) is 0.585. The zero-order chi connectivity index (χ0) is 13.6. The van der Waals surface area contributed by atoms with Gasteiger partial charge >= 0.3 is 5.97 Å². The number of nitrogens with one attached hydrogen (secondary N) is 1. The number of benzene rings is 1. The van der Waals surface area contributed by atoms with E-state index in [1.807, 2.05) is 38.1 Å². The SMILES string of the molecule is CCC(COC)(Nc1ccccc1C)C(=O)OC. The first-order chi connectivity index (χ1) is 8.59. The van der Waals surface area contributed by atoms with Crippen LogP contribution in [0, 0.1) is 6.92 Å². The molecule has 18 heavy (non-hydrogen) atoms. The van der Waals surface area contributed by atoms with Crippen molar-refractivity contribution < 1.29 is 14.3 Å². The van der Waals surface area contributed by atoms with Crippen LogP contribution in [0.1, 0.15) is 18.9 Å². The van der Waals surface area contributed by atoms with Crippen molar-refractivity contribution in [2.24, 2.45) is 0 Å². The molecule has 0 aliphatic carbocycles. The van der Waals surface area contributed by atoms with Gasteiger partial charge in [0.2, 0.25) is 0 Å². The summed E-state index contributed by atoms with van der Waals surface area (Å²) in [7, 11) is 2.97. The average molecular weight is 251 g/mol. The van der Waals surface area contributed by atoms with Crippen LogP contribution in [0.2, 0.25) is 0 Å². The number of esters is 1. The molecule has 0 heterocycles. The minimum absolute atomic E-state index is 0.268. The number of hydrogen-bond donors (Lipinski definition) is 1. The fraction of sp³-hybridized carbons (Fsp3) is 0.500. The maximum atomic E-state index is 12.0. The fourth-order valence-corrected chi connectivity index (χ4v) is 1.89. The third-order valence-electron chi connectivity index (χ3n) is 3.09. The Morgan fingerprint density at radius 1 is 1.33 bits per heavy atom. The molecule has 0 aromatic heterocycles. The summed E-state index contributed by atoms with van der Waals surface area (Å²) in [5.74, 6) is -0.310. The number of rotatable bonds is 6. The highest BCUT2D eigenvalue weighted by Crippen LogP contribution is 2.23. The zero-order valence-electron chi connectivity index (χ0n) is 11.4. The van der Waals surface area contributed by atoms with Crippen molar-refractivity contribution in [3.8, 4) is 0 Å². The highest BCUT2D eigenvalue weighted by Gasteiger charge is 2.38. The smallest absolute Gasteiger partial charge is 0.333 e. The van der Waals surface area contributed by atoms with Crippen LogP contribution in [0.15, 0.2) is 24.3 Å². The van der Waals surface area contributed by atoms with Gasteiger partial charge in [-0.2, -0.15) is 0 Å². The summed E-state index contributed by atoms with van der Waals surface area (Å²) < 4.78 is 10.1. The second kappa shape index (κ2) is 6.40. The van der Waals surface area contributed by atoms with Crippen molar-refractivity contribution in [1.29, 1.82) is 0 Å². The third-order valence-corrected chi connectivity index (χ3v) is 3.09. The maximum Gasteiger partial charge on any atom is 0.333 e. The Morgan fingerprint density at radius 2 is 2.00 bits per heavy atom. The Morgan fingerprint density at radius 3 is 2.50 bits per heavy atom. The molecule has 1 rings (SSSR count). The summed E-state index contributed by atoms with van der Waals surface area (Å²) in [5, 5.41) is 3.26. The summed E-state index contributed by atoms with van der Waals surface area (Å²) in [4.78, 5) is 12.0. The molecule has 1 aromatic rings. The van der Waals surface area contributed by atoms with E-state index in [4.69, 9.17) is 9.47 Å². The number of ether oxygens (including phenoxy) is 2. The third kappa shape index (κ3) is 3.01. The van der Waals surface area contributed by atoms with E-state index < -0.39 is 5.54 Å². The lowest BCUT2D eigenvalue weighted by atomic mass is 9.96. The largest absolute Gasteiger partial charge is 0.467 e. The predicted octanol–water partition coefficient (Wildman–Crippen LogP) is 2.38. The molecule has 0 saturated carbocycles.